The van der Waals surface area contributed by atoms with E-state index in [1.165, 1.54) is 32.1 Å². The van der Waals surface area contributed by atoms with E-state index in [4.69, 9.17) is 17.4 Å². The van der Waals surface area contributed by atoms with Gasteiger partial charge in [-0.2, -0.15) is 0 Å². The van der Waals surface area contributed by atoms with Crippen LogP contribution in [-0.4, -0.2) is 34.2 Å². The summed E-state index contributed by atoms with van der Waals surface area (Å²) in [6.45, 7) is 1.46. The van der Waals surface area contributed by atoms with Gasteiger partial charge in [0, 0.05) is 19.1 Å². The Kier molecular flexibility index (Phi) is 6.04. The fourth-order valence-corrected chi connectivity index (χ4v) is 3.00. The predicted molar refractivity (Wildman–Crippen MR) is 81.4 cm³/mol. The second kappa shape index (κ2) is 7.78. The third-order valence-electron chi connectivity index (χ3n) is 3.90. The van der Waals surface area contributed by atoms with Crippen LogP contribution in [0.25, 0.3) is 0 Å². The van der Waals surface area contributed by atoms with E-state index in [1.807, 2.05) is 0 Å². The van der Waals surface area contributed by atoms with Gasteiger partial charge in [0.2, 0.25) is 0 Å². The number of nitrogens with two attached hydrogens (primary N) is 1. The van der Waals surface area contributed by atoms with Crippen LogP contribution in [0.5, 0.6) is 0 Å². The van der Waals surface area contributed by atoms with Crippen molar-refractivity contribution in [1.82, 2.24) is 9.88 Å². The summed E-state index contributed by atoms with van der Waals surface area (Å²) in [5.41, 5.74) is 3.35. The number of aliphatic hydroxyl groups excluding tert-OH is 1. The van der Waals surface area contributed by atoms with Gasteiger partial charge in [-0.05, 0) is 25.0 Å². The van der Waals surface area contributed by atoms with Crippen molar-refractivity contribution in [1.29, 1.82) is 0 Å². The van der Waals surface area contributed by atoms with Gasteiger partial charge >= 0.3 is 0 Å². The van der Waals surface area contributed by atoms with Gasteiger partial charge in [0.15, 0.2) is 0 Å². The van der Waals surface area contributed by atoms with Crippen LogP contribution in [0.4, 0.5) is 5.82 Å². The topological polar surface area (TPSA) is 74.4 Å². The summed E-state index contributed by atoms with van der Waals surface area (Å²) < 4.78 is 0. The molecule has 0 atom stereocenters. The fraction of sp³-hybridized carbons (Fsp3) is 0.643. The number of halogens is 1. The van der Waals surface area contributed by atoms with Gasteiger partial charge in [-0.15, -0.1) is 0 Å². The molecule has 1 saturated carbocycles. The summed E-state index contributed by atoms with van der Waals surface area (Å²) in [6, 6.07) is 4.07. The number of hydrogen-bond donors (Lipinski definition) is 3. The molecule has 0 bridgehead atoms. The number of anilines is 1. The first-order chi connectivity index (χ1) is 9.74. The number of hydrazine groups is 1. The number of nitrogens with zero attached hydrogens (tertiary/aromatic N) is 2. The number of hydrogen-bond acceptors (Lipinski definition) is 5. The number of nitrogens with one attached hydrogen (secondary N) is 1. The quantitative estimate of drug-likeness (QED) is 0.554. The van der Waals surface area contributed by atoms with Crippen molar-refractivity contribution in [2.75, 3.05) is 18.6 Å². The van der Waals surface area contributed by atoms with Crippen LogP contribution in [0.1, 0.15) is 37.8 Å². The molecule has 2 rings (SSSR count). The van der Waals surface area contributed by atoms with Gasteiger partial charge in [-0.1, -0.05) is 30.9 Å². The number of rotatable bonds is 6. The van der Waals surface area contributed by atoms with E-state index >= 15 is 0 Å². The molecule has 1 fully saturated rings. The zero-order valence-electron chi connectivity index (χ0n) is 11.7. The number of aliphatic hydroxyl groups is 1. The van der Waals surface area contributed by atoms with Crippen LogP contribution < -0.4 is 11.3 Å². The van der Waals surface area contributed by atoms with Crippen molar-refractivity contribution in [2.45, 2.75) is 44.7 Å². The molecule has 0 spiro atoms. The van der Waals surface area contributed by atoms with E-state index in [0.717, 1.165) is 5.69 Å². The summed E-state index contributed by atoms with van der Waals surface area (Å²) in [5, 5.41) is 9.93. The van der Waals surface area contributed by atoms with Crippen molar-refractivity contribution in [2.24, 2.45) is 5.84 Å². The largest absolute Gasteiger partial charge is 0.395 e. The first kappa shape index (κ1) is 15.5. The Hall–Kier alpha value is -0.880. The molecular weight excluding hydrogens is 276 g/mol. The highest BCUT2D eigenvalue weighted by Gasteiger charge is 2.22. The molecule has 20 heavy (non-hydrogen) atoms. The van der Waals surface area contributed by atoms with E-state index in [0.29, 0.717) is 30.0 Å². The van der Waals surface area contributed by atoms with Crippen LogP contribution >= 0.6 is 11.6 Å². The third-order valence-corrected chi connectivity index (χ3v) is 4.24. The minimum atomic E-state index is 0.156. The van der Waals surface area contributed by atoms with Crippen LogP contribution in [-0.2, 0) is 6.54 Å². The SMILES string of the molecule is NNc1ccc(Cl)c(CN(CCO)C2CCCCC2)n1. The van der Waals surface area contributed by atoms with Crippen LogP contribution in [0.3, 0.4) is 0 Å². The Balaban J connectivity index is 2.10. The molecule has 0 aromatic carbocycles. The standard InChI is InChI=1S/C14H23ClN4O/c15-12-6-7-14(18-16)17-13(12)10-19(8-9-20)11-4-2-1-3-5-11/h6-7,11,20H,1-5,8-10,16H2,(H,17,18). The van der Waals surface area contributed by atoms with Crippen LogP contribution in [0.15, 0.2) is 12.1 Å². The number of aromatic nitrogens is 1. The van der Waals surface area contributed by atoms with E-state index < -0.39 is 0 Å². The van der Waals surface area contributed by atoms with E-state index in [1.54, 1.807) is 12.1 Å². The van der Waals surface area contributed by atoms with E-state index in [2.05, 4.69) is 15.3 Å². The molecule has 0 saturated heterocycles. The summed E-state index contributed by atoms with van der Waals surface area (Å²) in [5.74, 6) is 6.00. The van der Waals surface area contributed by atoms with Gasteiger partial charge in [0.05, 0.1) is 17.3 Å². The second-order valence-corrected chi connectivity index (χ2v) is 5.66. The first-order valence-corrected chi connectivity index (χ1v) is 7.59. The third kappa shape index (κ3) is 4.06. The van der Waals surface area contributed by atoms with Crippen molar-refractivity contribution < 1.29 is 5.11 Å². The Morgan fingerprint density at radius 2 is 2.10 bits per heavy atom. The highest BCUT2D eigenvalue weighted by Crippen LogP contribution is 2.25. The lowest BCUT2D eigenvalue weighted by atomic mass is 9.94. The average molecular weight is 299 g/mol. The molecule has 1 aromatic heterocycles. The predicted octanol–water partition coefficient (Wildman–Crippen LogP) is 2.15. The van der Waals surface area contributed by atoms with Gasteiger partial charge < -0.3 is 10.5 Å². The molecule has 112 valence electrons. The van der Waals surface area contributed by atoms with Crippen molar-refractivity contribution in [3.8, 4) is 0 Å². The van der Waals surface area contributed by atoms with Crippen molar-refractivity contribution >= 4 is 17.4 Å². The smallest absolute Gasteiger partial charge is 0.140 e. The number of nitrogen functional groups attached to an aromatic ring is 1. The Labute approximate surface area is 125 Å². The van der Waals surface area contributed by atoms with E-state index in [-0.39, 0.29) is 6.61 Å². The van der Waals surface area contributed by atoms with Gasteiger partial charge in [-0.25, -0.2) is 10.8 Å². The van der Waals surface area contributed by atoms with Gasteiger partial charge in [0.25, 0.3) is 0 Å². The van der Waals surface area contributed by atoms with Gasteiger partial charge in [-0.3, -0.25) is 4.90 Å². The highest BCUT2D eigenvalue weighted by molar-refractivity contribution is 6.31. The maximum atomic E-state index is 9.29. The molecule has 6 heteroatoms. The molecule has 1 aliphatic rings. The maximum Gasteiger partial charge on any atom is 0.140 e. The molecule has 0 amide bonds. The summed E-state index contributed by atoms with van der Waals surface area (Å²) >= 11 is 6.22. The molecule has 1 aliphatic carbocycles. The fourth-order valence-electron chi connectivity index (χ4n) is 2.83. The lowest BCUT2D eigenvalue weighted by Gasteiger charge is -2.33. The van der Waals surface area contributed by atoms with Crippen molar-refractivity contribution in [3.63, 3.8) is 0 Å². The lowest BCUT2D eigenvalue weighted by molar-refractivity contribution is 0.116. The maximum absolute atomic E-state index is 9.29. The Morgan fingerprint density at radius 3 is 2.75 bits per heavy atom. The van der Waals surface area contributed by atoms with E-state index in [9.17, 15) is 5.11 Å². The summed E-state index contributed by atoms with van der Waals surface area (Å²) in [4.78, 5) is 6.70. The molecule has 1 heterocycles. The molecule has 0 radical (unpaired) electrons. The minimum absolute atomic E-state index is 0.156. The zero-order chi connectivity index (χ0) is 14.4. The number of pyridine rings is 1. The Bertz CT molecular complexity index is 424. The molecular formula is C14H23ClN4O. The highest BCUT2D eigenvalue weighted by atomic mass is 35.5. The molecule has 0 unspecified atom stereocenters. The second-order valence-electron chi connectivity index (χ2n) is 5.26. The molecule has 4 N–H and O–H groups in total. The first-order valence-electron chi connectivity index (χ1n) is 7.21. The monoisotopic (exact) mass is 298 g/mol. The molecule has 0 aliphatic heterocycles. The normalized spacial score (nSPS) is 16.6. The lowest BCUT2D eigenvalue weighted by Crippen LogP contribution is -2.38. The van der Waals surface area contributed by atoms with Crippen LogP contribution in [0, 0.1) is 0 Å². The van der Waals surface area contributed by atoms with Crippen LogP contribution in [0.2, 0.25) is 5.02 Å². The van der Waals surface area contributed by atoms with Gasteiger partial charge in [0.1, 0.15) is 5.82 Å². The molecule has 1 aromatic rings. The summed E-state index contributed by atoms with van der Waals surface area (Å²) in [6.07, 6.45) is 6.21. The van der Waals surface area contributed by atoms with Crippen molar-refractivity contribution in [3.05, 3.63) is 22.8 Å². The average Bonchev–Trinajstić information content (AvgIpc) is 2.49. The molecule has 5 nitrogen and oxygen atoms in total. The Morgan fingerprint density at radius 1 is 1.35 bits per heavy atom. The summed E-state index contributed by atoms with van der Waals surface area (Å²) in [7, 11) is 0. The minimum Gasteiger partial charge on any atom is -0.395 e. The zero-order valence-corrected chi connectivity index (χ0v) is 12.4.